The molecular weight excluding hydrogens is 338 g/mol. The molecule has 0 aliphatic heterocycles. The standard InChI is InChI=1S/C23H35NO3/c1-2-3-4-5-6-7-8-9-10-11-12-17-23(26)27-24-18-20(19-25)21-15-13-14-16-22(21)24/h13-16,18,25H,2-12,17,19H2,1H3. The molecule has 2 aromatic rings. The fourth-order valence-electron chi connectivity index (χ4n) is 3.51. The van der Waals surface area contributed by atoms with E-state index in [-0.39, 0.29) is 12.6 Å². The molecule has 0 aliphatic carbocycles. The fraction of sp³-hybridized carbons (Fsp3) is 0.609. The Kier molecular flexibility index (Phi) is 9.99. The van der Waals surface area contributed by atoms with E-state index in [2.05, 4.69) is 6.92 Å². The topological polar surface area (TPSA) is 51.5 Å². The van der Waals surface area contributed by atoms with Crippen LogP contribution >= 0.6 is 0 Å². The van der Waals surface area contributed by atoms with Gasteiger partial charge in [0.2, 0.25) is 0 Å². The van der Waals surface area contributed by atoms with Crippen molar-refractivity contribution >= 4 is 16.9 Å². The highest BCUT2D eigenvalue weighted by Crippen LogP contribution is 2.20. The zero-order chi connectivity index (χ0) is 19.3. The lowest BCUT2D eigenvalue weighted by atomic mass is 10.1. The molecule has 1 N–H and O–H groups in total. The molecule has 0 fully saturated rings. The van der Waals surface area contributed by atoms with Gasteiger partial charge in [-0.25, -0.2) is 4.79 Å². The predicted octanol–water partition coefficient (Wildman–Crippen LogP) is 5.79. The molecule has 0 spiro atoms. The number of benzene rings is 1. The van der Waals surface area contributed by atoms with Gasteiger partial charge in [0.1, 0.15) is 0 Å². The number of fused-ring (bicyclic) bond motifs is 1. The van der Waals surface area contributed by atoms with Crippen LogP contribution < -0.4 is 4.84 Å². The van der Waals surface area contributed by atoms with Crippen LogP contribution in [0.25, 0.3) is 10.9 Å². The Balaban J connectivity index is 1.58. The van der Waals surface area contributed by atoms with Crippen molar-refractivity contribution in [1.82, 2.24) is 4.73 Å². The molecule has 27 heavy (non-hydrogen) atoms. The lowest BCUT2D eigenvalue weighted by Gasteiger charge is -2.06. The van der Waals surface area contributed by atoms with Gasteiger partial charge in [0, 0.05) is 17.4 Å². The first-order valence-electron chi connectivity index (χ1n) is 10.7. The Morgan fingerprint density at radius 1 is 0.926 bits per heavy atom. The van der Waals surface area contributed by atoms with Gasteiger partial charge in [0.25, 0.3) is 0 Å². The van der Waals surface area contributed by atoms with E-state index in [4.69, 9.17) is 4.84 Å². The third-order valence-corrected chi connectivity index (χ3v) is 5.12. The van der Waals surface area contributed by atoms with E-state index in [9.17, 15) is 9.90 Å². The lowest BCUT2D eigenvalue weighted by Crippen LogP contribution is -2.18. The maximum atomic E-state index is 12.1. The summed E-state index contributed by atoms with van der Waals surface area (Å²) in [5, 5.41) is 10.4. The normalized spacial score (nSPS) is 11.2. The maximum Gasteiger partial charge on any atom is 0.332 e. The van der Waals surface area contributed by atoms with Gasteiger partial charge in [-0.1, -0.05) is 89.3 Å². The molecule has 4 nitrogen and oxygen atoms in total. The third kappa shape index (κ3) is 7.37. The second-order valence-corrected chi connectivity index (χ2v) is 7.40. The van der Waals surface area contributed by atoms with E-state index in [0.29, 0.717) is 6.42 Å². The van der Waals surface area contributed by atoms with Crippen molar-refractivity contribution in [2.45, 2.75) is 90.6 Å². The number of carbonyl (C=O) groups excluding carboxylic acids is 1. The first-order valence-corrected chi connectivity index (χ1v) is 10.7. The summed E-state index contributed by atoms with van der Waals surface area (Å²) in [4.78, 5) is 17.6. The molecule has 1 aromatic heterocycles. The molecule has 1 aromatic carbocycles. The van der Waals surface area contributed by atoms with Gasteiger partial charge < -0.3 is 9.94 Å². The highest BCUT2D eigenvalue weighted by molar-refractivity contribution is 5.84. The van der Waals surface area contributed by atoms with Gasteiger partial charge in [-0.2, -0.15) is 4.73 Å². The lowest BCUT2D eigenvalue weighted by molar-refractivity contribution is -0.143. The molecule has 0 unspecified atom stereocenters. The number of aliphatic hydroxyl groups excluding tert-OH is 1. The summed E-state index contributed by atoms with van der Waals surface area (Å²) in [6.45, 7) is 2.19. The van der Waals surface area contributed by atoms with Crippen molar-refractivity contribution < 1.29 is 14.7 Å². The fourth-order valence-corrected chi connectivity index (χ4v) is 3.51. The van der Waals surface area contributed by atoms with E-state index >= 15 is 0 Å². The van der Waals surface area contributed by atoms with Crippen molar-refractivity contribution in [1.29, 1.82) is 0 Å². The second-order valence-electron chi connectivity index (χ2n) is 7.40. The summed E-state index contributed by atoms with van der Waals surface area (Å²) >= 11 is 0. The zero-order valence-corrected chi connectivity index (χ0v) is 16.8. The van der Waals surface area contributed by atoms with Gasteiger partial charge >= 0.3 is 5.97 Å². The highest BCUT2D eigenvalue weighted by Gasteiger charge is 2.11. The molecule has 0 saturated heterocycles. The molecule has 0 bridgehead atoms. The van der Waals surface area contributed by atoms with Crippen molar-refractivity contribution in [2.24, 2.45) is 0 Å². The van der Waals surface area contributed by atoms with Gasteiger partial charge in [-0.3, -0.25) is 0 Å². The van der Waals surface area contributed by atoms with E-state index < -0.39 is 0 Å². The summed E-state index contributed by atoms with van der Waals surface area (Å²) in [6.07, 6.45) is 16.0. The maximum absolute atomic E-state index is 12.1. The van der Waals surface area contributed by atoms with E-state index in [1.54, 1.807) is 6.20 Å². The van der Waals surface area contributed by atoms with Gasteiger partial charge in [-0.05, 0) is 12.5 Å². The number of carbonyl (C=O) groups is 1. The molecule has 0 aliphatic rings. The Morgan fingerprint density at radius 3 is 2.15 bits per heavy atom. The number of nitrogens with zero attached hydrogens (tertiary/aromatic N) is 1. The molecule has 0 amide bonds. The molecule has 0 atom stereocenters. The monoisotopic (exact) mass is 373 g/mol. The molecule has 2 rings (SSSR count). The minimum Gasteiger partial charge on any atom is -0.392 e. The SMILES string of the molecule is CCCCCCCCCCCCCC(=O)On1cc(CO)c2ccccc21. The number of hydrogen-bond acceptors (Lipinski definition) is 3. The molecule has 1 heterocycles. The largest absolute Gasteiger partial charge is 0.392 e. The Labute approximate surface area is 163 Å². The minimum absolute atomic E-state index is 0.0658. The van der Waals surface area contributed by atoms with Crippen LogP contribution in [0.5, 0.6) is 0 Å². The summed E-state index contributed by atoms with van der Waals surface area (Å²) in [5.74, 6) is -0.212. The highest BCUT2D eigenvalue weighted by atomic mass is 16.7. The molecule has 0 radical (unpaired) electrons. The van der Waals surface area contributed by atoms with Crippen molar-refractivity contribution in [3.05, 3.63) is 36.0 Å². The summed E-state index contributed by atoms with van der Waals surface area (Å²) in [7, 11) is 0. The van der Waals surface area contributed by atoms with Crippen LogP contribution in [0.4, 0.5) is 0 Å². The number of aromatic nitrogens is 1. The number of para-hydroxylation sites is 1. The van der Waals surface area contributed by atoms with Gasteiger partial charge in [0.15, 0.2) is 0 Å². The quantitative estimate of drug-likeness (QED) is 0.426. The minimum atomic E-state index is -0.212. The molecule has 150 valence electrons. The smallest absolute Gasteiger partial charge is 0.332 e. The van der Waals surface area contributed by atoms with Crippen LogP contribution in [-0.4, -0.2) is 15.8 Å². The molecule has 4 heteroatoms. The number of rotatable bonds is 14. The summed E-state index contributed by atoms with van der Waals surface area (Å²) in [5.41, 5.74) is 1.59. The molecule has 0 saturated carbocycles. The number of unbranched alkanes of at least 4 members (excludes halogenated alkanes) is 10. The molecular formula is C23H35NO3. The van der Waals surface area contributed by atoms with Crippen LogP contribution in [0.1, 0.15) is 89.5 Å². The number of aliphatic hydroxyl groups is 1. The first kappa shape index (κ1) is 21.5. The average Bonchev–Trinajstić information content (AvgIpc) is 3.04. The van der Waals surface area contributed by atoms with Gasteiger partial charge in [0.05, 0.1) is 18.3 Å². The van der Waals surface area contributed by atoms with Crippen LogP contribution in [0.2, 0.25) is 0 Å². The zero-order valence-electron chi connectivity index (χ0n) is 16.8. The Bertz CT molecular complexity index is 677. The average molecular weight is 374 g/mol. The van der Waals surface area contributed by atoms with Crippen LogP contribution in [-0.2, 0) is 11.4 Å². The third-order valence-electron chi connectivity index (χ3n) is 5.12. The van der Waals surface area contributed by atoms with E-state index in [1.165, 1.54) is 62.5 Å². The Morgan fingerprint density at radius 2 is 1.52 bits per heavy atom. The first-order chi connectivity index (χ1) is 13.3. The van der Waals surface area contributed by atoms with Crippen molar-refractivity contribution in [3.63, 3.8) is 0 Å². The summed E-state index contributed by atoms with van der Waals surface area (Å²) in [6, 6.07) is 7.63. The van der Waals surface area contributed by atoms with Crippen LogP contribution in [0.15, 0.2) is 30.5 Å². The van der Waals surface area contributed by atoms with E-state index in [1.807, 2.05) is 24.3 Å². The number of hydrogen-bond donors (Lipinski definition) is 1. The summed E-state index contributed by atoms with van der Waals surface area (Å²) < 4.78 is 1.49. The van der Waals surface area contributed by atoms with Crippen LogP contribution in [0.3, 0.4) is 0 Å². The van der Waals surface area contributed by atoms with Gasteiger partial charge in [-0.15, -0.1) is 0 Å². The Hall–Kier alpha value is -1.81. The van der Waals surface area contributed by atoms with Crippen molar-refractivity contribution in [3.8, 4) is 0 Å². The van der Waals surface area contributed by atoms with Crippen molar-refractivity contribution in [2.75, 3.05) is 0 Å². The van der Waals surface area contributed by atoms with E-state index in [0.717, 1.165) is 29.3 Å². The van der Waals surface area contributed by atoms with Crippen LogP contribution in [0, 0.1) is 0 Å². The predicted molar refractivity (Wildman–Crippen MR) is 111 cm³/mol. The second kappa shape index (κ2) is 12.6.